The number of ether oxygens (including phenoxy) is 2. The predicted octanol–water partition coefficient (Wildman–Crippen LogP) is 5.39. The molecule has 3 rings (SSSR count). The lowest BCUT2D eigenvalue weighted by Gasteiger charge is -2.20. The SMILES string of the molecule is COc1ccc(C(=O)NC(c2ccccc2)c2ccccc2)cc1COCC(C)C. The van der Waals surface area contributed by atoms with Crippen molar-refractivity contribution in [1.29, 1.82) is 0 Å². The number of hydrogen-bond donors (Lipinski definition) is 1. The summed E-state index contributed by atoms with van der Waals surface area (Å²) >= 11 is 0. The third kappa shape index (κ3) is 5.71. The molecule has 0 unspecified atom stereocenters. The van der Waals surface area contributed by atoms with Crippen molar-refractivity contribution >= 4 is 5.91 Å². The summed E-state index contributed by atoms with van der Waals surface area (Å²) in [4.78, 5) is 13.1. The van der Waals surface area contributed by atoms with Gasteiger partial charge in [-0.3, -0.25) is 4.79 Å². The molecule has 0 atom stereocenters. The van der Waals surface area contributed by atoms with E-state index in [4.69, 9.17) is 9.47 Å². The molecular formula is C26H29NO3. The third-order valence-electron chi connectivity index (χ3n) is 4.79. The molecule has 0 heterocycles. The van der Waals surface area contributed by atoms with Crippen LogP contribution in [0.3, 0.4) is 0 Å². The fourth-order valence-electron chi connectivity index (χ4n) is 3.30. The first kappa shape index (κ1) is 21.6. The van der Waals surface area contributed by atoms with Gasteiger partial charge < -0.3 is 14.8 Å². The molecular weight excluding hydrogens is 374 g/mol. The van der Waals surface area contributed by atoms with Crippen molar-refractivity contribution in [3.63, 3.8) is 0 Å². The summed E-state index contributed by atoms with van der Waals surface area (Å²) in [7, 11) is 1.63. The van der Waals surface area contributed by atoms with E-state index in [2.05, 4.69) is 19.2 Å². The lowest BCUT2D eigenvalue weighted by Crippen LogP contribution is -2.29. The van der Waals surface area contributed by atoms with Gasteiger partial charge in [-0.15, -0.1) is 0 Å². The Kier molecular flexibility index (Phi) is 7.63. The first-order chi connectivity index (χ1) is 14.6. The highest BCUT2D eigenvalue weighted by Crippen LogP contribution is 2.24. The maximum atomic E-state index is 13.1. The van der Waals surface area contributed by atoms with Gasteiger partial charge in [0.15, 0.2) is 0 Å². The van der Waals surface area contributed by atoms with E-state index in [-0.39, 0.29) is 11.9 Å². The largest absolute Gasteiger partial charge is 0.496 e. The van der Waals surface area contributed by atoms with Crippen LogP contribution in [0.1, 0.15) is 46.9 Å². The number of carbonyl (C=O) groups is 1. The number of methoxy groups -OCH3 is 1. The van der Waals surface area contributed by atoms with Crippen molar-refractivity contribution in [3.05, 3.63) is 101 Å². The van der Waals surface area contributed by atoms with Crippen molar-refractivity contribution in [3.8, 4) is 5.75 Å². The Bertz CT molecular complexity index is 900. The van der Waals surface area contributed by atoms with Crippen LogP contribution in [0.5, 0.6) is 5.75 Å². The van der Waals surface area contributed by atoms with Crippen molar-refractivity contribution < 1.29 is 14.3 Å². The summed E-state index contributed by atoms with van der Waals surface area (Å²) in [6, 6.07) is 25.2. The molecule has 1 amide bonds. The second-order valence-electron chi connectivity index (χ2n) is 7.66. The van der Waals surface area contributed by atoms with Crippen LogP contribution in [0.15, 0.2) is 78.9 Å². The Hall–Kier alpha value is -3.11. The molecule has 0 saturated carbocycles. The number of amides is 1. The minimum Gasteiger partial charge on any atom is -0.496 e. The van der Waals surface area contributed by atoms with Crippen molar-refractivity contribution in [2.24, 2.45) is 5.92 Å². The predicted molar refractivity (Wildman–Crippen MR) is 120 cm³/mol. The molecule has 0 fully saturated rings. The molecule has 4 heteroatoms. The molecule has 0 aliphatic carbocycles. The van der Waals surface area contributed by atoms with E-state index in [9.17, 15) is 4.79 Å². The first-order valence-electron chi connectivity index (χ1n) is 10.2. The van der Waals surface area contributed by atoms with Crippen LogP contribution in [0, 0.1) is 5.92 Å². The quantitative estimate of drug-likeness (QED) is 0.521. The van der Waals surface area contributed by atoms with Gasteiger partial charge in [0.2, 0.25) is 0 Å². The van der Waals surface area contributed by atoms with Crippen LogP contribution in [-0.4, -0.2) is 19.6 Å². The summed E-state index contributed by atoms with van der Waals surface area (Å²) in [6.45, 7) is 5.27. The van der Waals surface area contributed by atoms with Crippen LogP contribution in [0.25, 0.3) is 0 Å². The van der Waals surface area contributed by atoms with Crippen LogP contribution in [-0.2, 0) is 11.3 Å². The second kappa shape index (κ2) is 10.6. The minimum absolute atomic E-state index is 0.138. The number of hydrogen-bond acceptors (Lipinski definition) is 3. The van der Waals surface area contributed by atoms with Crippen LogP contribution in [0.4, 0.5) is 0 Å². The molecule has 3 aromatic rings. The summed E-state index contributed by atoms with van der Waals surface area (Å²) in [5, 5.41) is 3.18. The van der Waals surface area contributed by atoms with Crippen molar-refractivity contribution in [1.82, 2.24) is 5.32 Å². The highest BCUT2D eigenvalue weighted by Gasteiger charge is 2.18. The highest BCUT2D eigenvalue weighted by molar-refractivity contribution is 5.95. The summed E-state index contributed by atoms with van der Waals surface area (Å²) < 4.78 is 11.2. The van der Waals surface area contributed by atoms with Crippen molar-refractivity contribution in [2.45, 2.75) is 26.5 Å². The van der Waals surface area contributed by atoms with E-state index in [0.717, 1.165) is 22.4 Å². The van der Waals surface area contributed by atoms with E-state index >= 15 is 0 Å². The number of benzene rings is 3. The normalized spacial score (nSPS) is 11.0. The van der Waals surface area contributed by atoms with Gasteiger partial charge in [0.1, 0.15) is 5.75 Å². The fourth-order valence-corrected chi connectivity index (χ4v) is 3.30. The van der Waals surface area contributed by atoms with Gasteiger partial charge in [-0.1, -0.05) is 74.5 Å². The van der Waals surface area contributed by atoms with Gasteiger partial charge in [-0.2, -0.15) is 0 Å². The molecule has 0 spiro atoms. The van der Waals surface area contributed by atoms with E-state index < -0.39 is 0 Å². The maximum absolute atomic E-state index is 13.1. The topological polar surface area (TPSA) is 47.6 Å². The van der Waals surface area contributed by atoms with Gasteiger partial charge in [-0.25, -0.2) is 0 Å². The smallest absolute Gasteiger partial charge is 0.252 e. The van der Waals surface area contributed by atoms with Gasteiger partial charge in [0, 0.05) is 17.7 Å². The minimum atomic E-state index is -0.234. The van der Waals surface area contributed by atoms with E-state index in [0.29, 0.717) is 24.7 Å². The first-order valence-corrected chi connectivity index (χ1v) is 10.2. The average Bonchev–Trinajstić information content (AvgIpc) is 2.78. The lowest BCUT2D eigenvalue weighted by atomic mass is 9.98. The monoisotopic (exact) mass is 403 g/mol. The summed E-state index contributed by atoms with van der Waals surface area (Å²) in [5.41, 5.74) is 3.51. The zero-order valence-electron chi connectivity index (χ0n) is 17.8. The molecule has 0 radical (unpaired) electrons. The highest BCUT2D eigenvalue weighted by atomic mass is 16.5. The number of nitrogens with one attached hydrogen (secondary N) is 1. The zero-order chi connectivity index (χ0) is 21.3. The van der Waals surface area contributed by atoms with Gasteiger partial charge in [0.05, 0.1) is 19.8 Å². The molecule has 0 aliphatic rings. The van der Waals surface area contributed by atoms with Gasteiger partial charge in [0.25, 0.3) is 5.91 Å². The molecule has 156 valence electrons. The van der Waals surface area contributed by atoms with E-state index in [1.165, 1.54) is 0 Å². The Labute approximate surface area is 178 Å². The Morgan fingerprint density at radius 3 is 2.03 bits per heavy atom. The van der Waals surface area contributed by atoms with Crippen LogP contribution in [0.2, 0.25) is 0 Å². The second-order valence-corrected chi connectivity index (χ2v) is 7.66. The Morgan fingerprint density at radius 1 is 0.900 bits per heavy atom. The third-order valence-corrected chi connectivity index (χ3v) is 4.79. The average molecular weight is 404 g/mol. The molecule has 1 N–H and O–H groups in total. The molecule has 3 aromatic carbocycles. The zero-order valence-corrected chi connectivity index (χ0v) is 17.8. The lowest BCUT2D eigenvalue weighted by molar-refractivity contribution is 0.0932. The Balaban J connectivity index is 1.83. The van der Waals surface area contributed by atoms with E-state index in [1.54, 1.807) is 13.2 Å². The van der Waals surface area contributed by atoms with Crippen LogP contribution >= 0.6 is 0 Å². The summed E-state index contributed by atoms with van der Waals surface area (Å²) in [5.74, 6) is 1.03. The van der Waals surface area contributed by atoms with Crippen molar-refractivity contribution in [2.75, 3.05) is 13.7 Å². The molecule has 30 heavy (non-hydrogen) atoms. The molecule has 0 aliphatic heterocycles. The molecule has 0 saturated heterocycles. The Morgan fingerprint density at radius 2 is 1.50 bits per heavy atom. The standard InChI is InChI=1S/C26H29NO3/c1-19(2)17-30-18-23-16-22(14-15-24(23)29-3)26(28)27-25(20-10-6-4-7-11-20)21-12-8-5-9-13-21/h4-16,19,25H,17-18H2,1-3H3,(H,27,28). The maximum Gasteiger partial charge on any atom is 0.252 e. The molecule has 0 aromatic heterocycles. The van der Waals surface area contributed by atoms with Gasteiger partial charge >= 0.3 is 0 Å². The molecule has 4 nitrogen and oxygen atoms in total. The number of rotatable bonds is 9. The van der Waals surface area contributed by atoms with Gasteiger partial charge in [-0.05, 0) is 35.2 Å². The summed E-state index contributed by atoms with van der Waals surface area (Å²) in [6.07, 6.45) is 0. The van der Waals surface area contributed by atoms with Crippen LogP contribution < -0.4 is 10.1 Å². The van der Waals surface area contributed by atoms with E-state index in [1.807, 2.05) is 72.8 Å². The fraction of sp³-hybridized carbons (Fsp3) is 0.269. The number of carbonyl (C=O) groups excluding carboxylic acids is 1. The molecule has 0 bridgehead atoms.